The van der Waals surface area contributed by atoms with Crippen LogP contribution in [0.3, 0.4) is 0 Å². The molecule has 0 aromatic heterocycles. The molecular formula is C20H18Br2ClN3OS. The van der Waals surface area contributed by atoms with Gasteiger partial charge in [0.1, 0.15) is 0 Å². The van der Waals surface area contributed by atoms with E-state index >= 15 is 0 Å². The van der Waals surface area contributed by atoms with Gasteiger partial charge in [0.25, 0.3) is 5.91 Å². The van der Waals surface area contributed by atoms with Gasteiger partial charge < -0.3 is 0 Å². The fourth-order valence-electron chi connectivity index (χ4n) is 2.59. The zero-order valence-corrected chi connectivity index (χ0v) is 19.9. The monoisotopic (exact) mass is 541 g/mol. The third-order valence-electron chi connectivity index (χ3n) is 3.80. The molecular weight excluding hydrogens is 526 g/mol. The lowest BCUT2D eigenvalue weighted by Gasteiger charge is -2.28. The number of hydrogen-bond acceptors (Lipinski definition) is 4. The van der Waals surface area contributed by atoms with Crippen molar-refractivity contribution in [1.82, 2.24) is 10.3 Å². The van der Waals surface area contributed by atoms with Gasteiger partial charge >= 0.3 is 0 Å². The lowest BCUT2D eigenvalue weighted by Crippen LogP contribution is -2.33. The van der Waals surface area contributed by atoms with E-state index in [4.69, 9.17) is 11.6 Å². The number of nitrogens with one attached hydrogen (secondary N) is 1. The molecule has 1 aliphatic heterocycles. The number of halogens is 3. The number of amidine groups is 1. The zero-order chi connectivity index (χ0) is 19.4. The normalized spacial score (nSPS) is 13.5. The molecule has 2 aromatic rings. The number of amides is 1. The number of hydrogen-bond donors (Lipinski definition) is 1. The molecule has 146 valence electrons. The van der Waals surface area contributed by atoms with Crippen LogP contribution in [0.4, 0.5) is 0 Å². The molecule has 1 N–H and O–H groups in total. The minimum absolute atomic E-state index is 0. The number of hydrazone groups is 1. The van der Waals surface area contributed by atoms with Crippen molar-refractivity contribution in [3.8, 4) is 0 Å². The Balaban J connectivity index is 0.00000280. The van der Waals surface area contributed by atoms with E-state index in [2.05, 4.69) is 32.9 Å². The Hall–Kier alpha value is -1.54. The molecule has 8 heteroatoms. The first-order valence-electron chi connectivity index (χ1n) is 8.16. The highest BCUT2D eigenvalue weighted by molar-refractivity contribution is 9.10. The molecule has 1 heterocycles. The third kappa shape index (κ3) is 5.50. The van der Waals surface area contributed by atoms with Crippen molar-refractivity contribution in [3.05, 3.63) is 86.7 Å². The van der Waals surface area contributed by atoms with Crippen molar-refractivity contribution in [2.75, 3.05) is 6.54 Å². The van der Waals surface area contributed by atoms with Crippen LogP contribution < -0.4 is 5.32 Å². The van der Waals surface area contributed by atoms with Crippen molar-refractivity contribution >= 4 is 73.0 Å². The van der Waals surface area contributed by atoms with Gasteiger partial charge in [-0.15, -0.1) is 28.7 Å². The van der Waals surface area contributed by atoms with Gasteiger partial charge in [-0.3, -0.25) is 15.1 Å². The summed E-state index contributed by atoms with van der Waals surface area (Å²) < 4.78 is 0.923. The van der Waals surface area contributed by atoms with Gasteiger partial charge in [0, 0.05) is 25.5 Å². The second-order valence-electron chi connectivity index (χ2n) is 5.75. The number of allylic oxidation sites excluding steroid dienone is 1. The largest absolute Gasteiger partial charge is 0.299 e. The molecule has 0 fully saturated rings. The zero-order valence-electron chi connectivity index (χ0n) is 15.0. The summed E-state index contributed by atoms with van der Waals surface area (Å²) in [5.41, 5.74) is 2.55. The van der Waals surface area contributed by atoms with E-state index in [9.17, 15) is 4.79 Å². The Morgan fingerprint density at radius 3 is 2.50 bits per heavy atom. The number of nitrogens with zero attached hydrogens (tertiary/aromatic N) is 2. The molecule has 1 amide bonds. The van der Waals surface area contributed by atoms with Gasteiger partial charge in [-0.1, -0.05) is 57.5 Å². The maximum atomic E-state index is 12.5. The second-order valence-corrected chi connectivity index (χ2v) is 8.31. The van der Waals surface area contributed by atoms with Gasteiger partial charge in [0.05, 0.1) is 12.2 Å². The van der Waals surface area contributed by atoms with Gasteiger partial charge in [0.15, 0.2) is 5.17 Å². The smallest absolute Gasteiger partial charge is 0.257 e. The molecule has 0 saturated heterocycles. The Morgan fingerprint density at radius 2 is 1.89 bits per heavy atom. The number of carbonyl (C=O) groups excluding carboxylic acids is 1. The van der Waals surface area contributed by atoms with Crippen LogP contribution in [0, 0.1) is 0 Å². The number of carbonyl (C=O) groups is 1. The highest BCUT2D eigenvalue weighted by Gasteiger charge is 2.23. The summed E-state index contributed by atoms with van der Waals surface area (Å²) >= 11 is 10.8. The fourth-order valence-corrected chi connectivity index (χ4v) is 3.87. The van der Waals surface area contributed by atoms with E-state index in [0.29, 0.717) is 22.3 Å². The van der Waals surface area contributed by atoms with Crippen molar-refractivity contribution in [2.24, 2.45) is 5.10 Å². The van der Waals surface area contributed by atoms with Crippen LogP contribution >= 0.6 is 56.3 Å². The topological polar surface area (TPSA) is 44.7 Å². The fraction of sp³-hybridized carbons (Fsp3) is 0.100. The minimum Gasteiger partial charge on any atom is -0.299 e. The second kappa shape index (κ2) is 10.3. The van der Waals surface area contributed by atoms with E-state index in [1.54, 1.807) is 18.2 Å². The first-order valence-corrected chi connectivity index (χ1v) is 10.2. The molecule has 0 atom stereocenters. The predicted octanol–water partition coefficient (Wildman–Crippen LogP) is 6.30. The average Bonchev–Trinajstić information content (AvgIpc) is 2.63. The molecule has 0 radical (unpaired) electrons. The van der Waals surface area contributed by atoms with E-state index in [1.807, 2.05) is 48.3 Å². The van der Waals surface area contributed by atoms with Crippen molar-refractivity contribution in [3.63, 3.8) is 0 Å². The van der Waals surface area contributed by atoms with Crippen LogP contribution in [0.5, 0.6) is 0 Å². The number of thioether (sulfide) groups is 1. The Bertz CT molecular complexity index is 927. The highest BCUT2D eigenvalue weighted by atomic mass is 79.9. The third-order valence-corrected chi connectivity index (χ3v) is 5.46. The maximum Gasteiger partial charge on any atom is 0.257 e. The maximum absolute atomic E-state index is 12.5. The van der Waals surface area contributed by atoms with E-state index < -0.39 is 0 Å². The summed E-state index contributed by atoms with van der Waals surface area (Å²) in [5.74, 6) is -0.199. The summed E-state index contributed by atoms with van der Waals surface area (Å²) in [7, 11) is 0. The molecule has 0 saturated carbocycles. The van der Waals surface area contributed by atoms with Crippen molar-refractivity contribution in [2.45, 2.75) is 6.92 Å². The molecule has 3 rings (SSSR count). The molecule has 0 bridgehead atoms. The molecule has 0 spiro atoms. The highest BCUT2D eigenvalue weighted by Crippen LogP contribution is 2.35. The van der Waals surface area contributed by atoms with Gasteiger partial charge in [0.2, 0.25) is 0 Å². The summed E-state index contributed by atoms with van der Waals surface area (Å²) in [5, 5.41) is 10.5. The summed E-state index contributed by atoms with van der Waals surface area (Å²) in [6, 6.07) is 14.8. The van der Waals surface area contributed by atoms with Crippen LogP contribution in [0.25, 0.3) is 5.70 Å². The van der Waals surface area contributed by atoms with Crippen molar-refractivity contribution < 1.29 is 4.79 Å². The molecule has 1 aliphatic rings. The van der Waals surface area contributed by atoms with Crippen LogP contribution in [0.1, 0.15) is 22.8 Å². The number of rotatable bonds is 4. The van der Waals surface area contributed by atoms with Crippen molar-refractivity contribution in [1.29, 1.82) is 0 Å². The average molecular weight is 544 g/mol. The molecule has 0 unspecified atom stereocenters. The van der Waals surface area contributed by atoms with E-state index in [0.717, 1.165) is 20.6 Å². The number of benzene rings is 2. The molecule has 0 aliphatic carbocycles. The van der Waals surface area contributed by atoms with Crippen LogP contribution in [0.15, 0.2) is 75.7 Å². The minimum atomic E-state index is -0.199. The molecule has 2 aromatic carbocycles. The van der Waals surface area contributed by atoms with Crippen LogP contribution in [-0.2, 0) is 0 Å². The Morgan fingerprint density at radius 1 is 1.25 bits per heavy atom. The Labute approximate surface area is 192 Å². The molecule has 28 heavy (non-hydrogen) atoms. The van der Waals surface area contributed by atoms with E-state index in [-0.39, 0.29) is 22.9 Å². The van der Waals surface area contributed by atoms with Gasteiger partial charge in [-0.2, -0.15) is 0 Å². The summed E-state index contributed by atoms with van der Waals surface area (Å²) in [6.45, 7) is 6.34. The lowest BCUT2D eigenvalue weighted by atomic mass is 10.1. The quantitative estimate of drug-likeness (QED) is 0.460. The van der Waals surface area contributed by atoms with Gasteiger partial charge in [-0.25, -0.2) is 0 Å². The summed E-state index contributed by atoms with van der Waals surface area (Å²) in [6.07, 6.45) is 1.77. The Kier molecular flexibility index (Phi) is 8.37. The SMILES string of the molecule is Br.C=CCN1N=C(NC(=O)c2ccc(Br)cc2)SC(C)=C1c1ccc(Cl)cc1. The standard InChI is InChI=1S/C20H17BrClN3OS.BrH/c1-3-12-25-18(14-6-10-17(22)11-7-14)13(2)27-20(24-25)23-19(26)15-4-8-16(21)9-5-15;/h3-11H,1,12H2,2H3,(H,23,24,26);1H. The molecule has 4 nitrogen and oxygen atoms in total. The van der Waals surface area contributed by atoms with E-state index in [1.165, 1.54) is 11.8 Å². The van der Waals surface area contributed by atoms with Crippen LogP contribution in [0.2, 0.25) is 5.02 Å². The first kappa shape index (κ1) is 22.7. The first-order chi connectivity index (χ1) is 13.0. The van der Waals surface area contributed by atoms with Crippen LogP contribution in [-0.4, -0.2) is 22.6 Å². The van der Waals surface area contributed by atoms with Gasteiger partial charge in [-0.05, 0) is 43.3 Å². The predicted molar refractivity (Wildman–Crippen MR) is 128 cm³/mol. The lowest BCUT2D eigenvalue weighted by molar-refractivity contribution is 0.0977. The summed E-state index contributed by atoms with van der Waals surface area (Å²) in [4.78, 5) is 13.5.